The molecule has 186 valence electrons. The zero-order chi connectivity index (χ0) is 25.2. The summed E-state index contributed by atoms with van der Waals surface area (Å²) in [5, 5.41) is 23.8. The van der Waals surface area contributed by atoms with Gasteiger partial charge in [0.05, 0.1) is 24.7 Å². The lowest BCUT2D eigenvalue weighted by molar-refractivity contribution is -0.384. The Bertz CT molecular complexity index is 1170. The molecule has 1 aliphatic heterocycles. The zero-order valence-corrected chi connectivity index (χ0v) is 20.7. The average Bonchev–Trinajstić information content (AvgIpc) is 3.35. The third kappa shape index (κ3) is 5.04. The van der Waals surface area contributed by atoms with E-state index in [0.29, 0.717) is 11.5 Å². The average molecular weight is 482 g/mol. The van der Waals surface area contributed by atoms with Gasteiger partial charge in [-0.3, -0.25) is 15.0 Å². The van der Waals surface area contributed by atoms with Crippen molar-refractivity contribution in [2.75, 3.05) is 45.3 Å². The van der Waals surface area contributed by atoms with Crippen LogP contribution >= 0.6 is 0 Å². The zero-order valence-electron chi connectivity index (χ0n) is 20.7. The van der Waals surface area contributed by atoms with Gasteiger partial charge >= 0.3 is 0 Å². The van der Waals surface area contributed by atoms with Crippen molar-refractivity contribution in [1.82, 2.24) is 25.1 Å². The molecular formula is C24H31N7O4. The second kappa shape index (κ2) is 9.87. The molecule has 11 heteroatoms. The number of anilines is 1. The van der Waals surface area contributed by atoms with Gasteiger partial charge in [0.1, 0.15) is 17.5 Å². The molecule has 1 aromatic heterocycles. The van der Waals surface area contributed by atoms with E-state index in [2.05, 4.69) is 46.1 Å². The summed E-state index contributed by atoms with van der Waals surface area (Å²) in [6.07, 6.45) is 0. The molecule has 0 amide bonds. The van der Waals surface area contributed by atoms with Crippen LogP contribution in [0.2, 0.25) is 0 Å². The van der Waals surface area contributed by atoms with Crippen molar-refractivity contribution in [3.05, 3.63) is 64.0 Å². The van der Waals surface area contributed by atoms with Crippen LogP contribution < -0.4 is 14.4 Å². The smallest absolute Gasteiger partial charge is 0.269 e. The number of rotatable bonds is 7. The fourth-order valence-electron chi connectivity index (χ4n) is 4.41. The van der Waals surface area contributed by atoms with Crippen molar-refractivity contribution < 1.29 is 14.4 Å². The number of nitrogens with zero attached hydrogens (tertiary/aromatic N) is 7. The molecule has 0 aliphatic carbocycles. The third-order valence-electron chi connectivity index (χ3n) is 6.21. The van der Waals surface area contributed by atoms with Gasteiger partial charge in [0, 0.05) is 55.6 Å². The summed E-state index contributed by atoms with van der Waals surface area (Å²) in [4.78, 5) is 15.2. The number of non-ortho nitro benzene ring substituents is 1. The quantitative estimate of drug-likeness (QED) is 0.371. The maximum absolute atomic E-state index is 11.0. The first-order chi connectivity index (χ1) is 16.7. The Labute approximate surface area is 204 Å². The predicted octanol–water partition coefficient (Wildman–Crippen LogP) is 3.27. The van der Waals surface area contributed by atoms with Gasteiger partial charge in [-0.2, -0.15) is 0 Å². The Morgan fingerprint density at radius 2 is 1.69 bits per heavy atom. The first-order valence-corrected chi connectivity index (χ1v) is 11.5. The Kier molecular flexibility index (Phi) is 6.88. The molecule has 4 rings (SSSR count). The van der Waals surface area contributed by atoms with Crippen LogP contribution in [0.15, 0.2) is 42.5 Å². The number of aromatic nitrogens is 4. The van der Waals surface area contributed by atoms with Crippen molar-refractivity contribution in [2.24, 2.45) is 0 Å². The molecule has 1 fully saturated rings. The minimum Gasteiger partial charge on any atom is -0.497 e. The Hall–Kier alpha value is -3.73. The summed E-state index contributed by atoms with van der Waals surface area (Å²) >= 11 is 0. The number of piperazine rings is 1. The first-order valence-electron chi connectivity index (χ1n) is 11.5. The SMILES string of the molecule is COc1ccc([C@@H](c2nnnn2C(C)(C)C)N2CCN(c3ccc([N+](=O)[O-])cc3)CC2)c(OC)c1. The van der Waals surface area contributed by atoms with Crippen molar-refractivity contribution in [1.29, 1.82) is 0 Å². The molecule has 1 aliphatic rings. The molecule has 0 unspecified atom stereocenters. The van der Waals surface area contributed by atoms with E-state index in [1.807, 2.05) is 22.9 Å². The van der Waals surface area contributed by atoms with Crippen LogP contribution in [0, 0.1) is 10.1 Å². The summed E-state index contributed by atoms with van der Waals surface area (Å²) in [6.45, 7) is 9.21. The van der Waals surface area contributed by atoms with E-state index < -0.39 is 0 Å². The number of hydrogen-bond donors (Lipinski definition) is 0. The third-order valence-corrected chi connectivity index (χ3v) is 6.21. The molecule has 3 aromatic rings. The van der Waals surface area contributed by atoms with Gasteiger partial charge in [-0.05, 0) is 55.5 Å². The highest BCUT2D eigenvalue weighted by Crippen LogP contribution is 2.38. The standard InChI is InChI=1S/C24H31N7O4/c1-24(2,3)30-23(25-26-27-30)22(20-11-10-19(34-4)16-21(20)35-5)29-14-12-28(13-15-29)17-6-8-18(9-7-17)31(32)33/h6-11,16,22H,12-15H2,1-5H3/t22-/m0/s1. The molecule has 35 heavy (non-hydrogen) atoms. The number of ether oxygens (including phenoxy) is 2. The molecular weight excluding hydrogens is 450 g/mol. The van der Waals surface area contributed by atoms with Gasteiger partial charge in [0.15, 0.2) is 5.82 Å². The van der Waals surface area contributed by atoms with Crippen LogP contribution in [0.5, 0.6) is 11.5 Å². The van der Waals surface area contributed by atoms with Crippen LogP contribution in [0.25, 0.3) is 0 Å². The van der Waals surface area contributed by atoms with E-state index in [9.17, 15) is 10.1 Å². The fraction of sp³-hybridized carbons (Fsp3) is 0.458. The summed E-state index contributed by atoms with van der Waals surface area (Å²) in [5.74, 6) is 2.16. The van der Waals surface area contributed by atoms with Crippen LogP contribution in [0.1, 0.15) is 38.2 Å². The van der Waals surface area contributed by atoms with E-state index in [1.54, 1.807) is 38.5 Å². The molecule has 11 nitrogen and oxygen atoms in total. The largest absolute Gasteiger partial charge is 0.497 e. The van der Waals surface area contributed by atoms with Gasteiger partial charge in [0.2, 0.25) is 0 Å². The highest BCUT2D eigenvalue weighted by atomic mass is 16.6. The highest BCUT2D eigenvalue weighted by molar-refractivity contribution is 5.51. The number of tetrazole rings is 1. The monoisotopic (exact) mass is 481 g/mol. The van der Waals surface area contributed by atoms with Gasteiger partial charge in [-0.15, -0.1) is 5.10 Å². The maximum Gasteiger partial charge on any atom is 0.269 e. The Morgan fingerprint density at radius 3 is 2.26 bits per heavy atom. The summed E-state index contributed by atoms with van der Waals surface area (Å²) in [7, 11) is 3.28. The molecule has 2 aromatic carbocycles. The van der Waals surface area contributed by atoms with Crippen molar-refractivity contribution in [2.45, 2.75) is 32.4 Å². The van der Waals surface area contributed by atoms with E-state index in [0.717, 1.165) is 43.3 Å². The molecule has 1 atom stereocenters. The number of nitro groups is 1. The molecule has 1 saturated heterocycles. The number of methoxy groups -OCH3 is 2. The Morgan fingerprint density at radius 1 is 1.00 bits per heavy atom. The lowest BCUT2D eigenvalue weighted by atomic mass is 10.00. The van der Waals surface area contributed by atoms with E-state index in [-0.39, 0.29) is 22.2 Å². The summed E-state index contributed by atoms with van der Waals surface area (Å²) in [6, 6.07) is 12.3. The maximum atomic E-state index is 11.0. The van der Waals surface area contributed by atoms with Crippen LogP contribution in [0.3, 0.4) is 0 Å². The molecule has 0 saturated carbocycles. The molecule has 0 radical (unpaired) electrons. The molecule has 0 bridgehead atoms. The second-order valence-corrected chi connectivity index (χ2v) is 9.43. The molecule has 2 heterocycles. The summed E-state index contributed by atoms with van der Waals surface area (Å²) in [5.41, 5.74) is 1.70. The fourth-order valence-corrected chi connectivity index (χ4v) is 4.41. The predicted molar refractivity (Wildman–Crippen MR) is 131 cm³/mol. The van der Waals surface area contributed by atoms with Crippen molar-refractivity contribution in [3.63, 3.8) is 0 Å². The number of hydrogen-bond acceptors (Lipinski definition) is 9. The number of nitro benzene ring substituents is 1. The van der Waals surface area contributed by atoms with Gasteiger partial charge in [-0.1, -0.05) is 0 Å². The van der Waals surface area contributed by atoms with Crippen molar-refractivity contribution in [3.8, 4) is 11.5 Å². The minimum absolute atomic E-state index is 0.0908. The normalized spacial score (nSPS) is 15.6. The van der Waals surface area contributed by atoms with Gasteiger partial charge in [0.25, 0.3) is 5.69 Å². The summed E-state index contributed by atoms with van der Waals surface area (Å²) < 4.78 is 13.0. The lowest BCUT2D eigenvalue weighted by Crippen LogP contribution is -2.48. The van der Waals surface area contributed by atoms with Crippen LogP contribution in [0.4, 0.5) is 11.4 Å². The first kappa shape index (κ1) is 24.4. The van der Waals surface area contributed by atoms with Crippen molar-refractivity contribution >= 4 is 11.4 Å². The second-order valence-electron chi connectivity index (χ2n) is 9.43. The molecule has 0 spiro atoms. The van der Waals surface area contributed by atoms with E-state index in [1.165, 1.54) is 0 Å². The lowest BCUT2D eigenvalue weighted by Gasteiger charge is -2.40. The van der Waals surface area contributed by atoms with E-state index >= 15 is 0 Å². The van der Waals surface area contributed by atoms with Crippen LogP contribution in [-0.4, -0.2) is 70.4 Å². The highest BCUT2D eigenvalue weighted by Gasteiger charge is 2.35. The van der Waals surface area contributed by atoms with Gasteiger partial charge < -0.3 is 14.4 Å². The van der Waals surface area contributed by atoms with E-state index in [4.69, 9.17) is 9.47 Å². The minimum atomic E-state index is -0.381. The van der Waals surface area contributed by atoms with Crippen LogP contribution in [-0.2, 0) is 5.54 Å². The van der Waals surface area contributed by atoms with Gasteiger partial charge in [-0.25, -0.2) is 4.68 Å². The molecule has 0 N–H and O–H groups in total. The number of benzene rings is 2. The topological polar surface area (TPSA) is 112 Å². The Balaban J connectivity index is 1.66.